The molecule has 10 nitrogen and oxygen atoms in total. The normalized spacial score (nSPS) is 23.9. The Morgan fingerprint density at radius 3 is 2.63 bits per heavy atom. The average Bonchev–Trinajstić information content (AvgIpc) is 3.39. The number of anilines is 2. The second-order valence-electron chi connectivity index (χ2n) is 10.1. The Bertz CT molecular complexity index is 1130. The molecule has 1 aliphatic carbocycles. The summed E-state index contributed by atoms with van der Waals surface area (Å²) >= 11 is 0. The predicted molar refractivity (Wildman–Crippen MR) is 129 cm³/mol. The Morgan fingerprint density at radius 1 is 1.20 bits per heavy atom. The van der Waals surface area contributed by atoms with Crippen molar-refractivity contribution in [3.05, 3.63) is 35.8 Å². The quantitative estimate of drug-likeness (QED) is 0.603. The highest BCUT2D eigenvalue weighted by molar-refractivity contribution is 6.07. The third-order valence-electron chi connectivity index (χ3n) is 7.77. The van der Waals surface area contributed by atoms with Crippen LogP contribution in [-0.4, -0.2) is 51.7 Å². The Hall–Kier alpha value is -3.27. The first-order valence-electron chi connectivity index (χ1n) is 12.4. The molecule has 35 heavy (non-hydrogen) atoms. The van der Waals surface area contributed by atoms with Crippen molar-refractivity contribution in [1.29, 1.82) is 0 Å². The molecule has 10 heteroatoms. The molecular formula is C25H32N6O4. The first kappa shape index (κ1) is 23.5. The molecular weight excluding hydrogens is 448 g/mol. The molecule has 3 N–H and O–H groups in total. The van der Waals surface area contributed by atoms with Gasteiger partial charge in [-0.25, -0.2) is 4.98 Å². The van der Waals surface area contributed by atoms with Gasteiger partial charge in [-0.3, -0.25) is 19.1 Å². The summed E-state index contributed by atoms with van der Waals surface area (Å²) in [6, 6.07) is 1.01. The molecule has 5 rings (SSSR count). The number of amides is 3. The number of hydrogen-bond donors (Lipinski definition) is 3. The van der Waals surface area contributed by atoms with Gasteiger partial charge in [0.05, 0.1) is 22.9 Å². The maximum absolute atomic E-state index is 13.4. The van der Waals surface area contributed by atoms with Crippen molar-refractivity contribution >= 4 is 29.2 Å². The largest absolute Gasteiger partial charge is 0.381 e. The van der Waals surface area contributed by atoms with Gasteiger partial charge in [0.1, 0.15) is 11.9 Å². The predicted octanol–water partition coefficient (Wildman–Crippen LogP) is 2.38. The van der Waals surface area contributed by atoms with Crippen molar-refractivity contribution in [1.82, 2.24) is 20.1 Å². The van der Waals surface area contributed by atoms with E-state index in [0.717, 1.165) is 31.2 Å². The van der Waals surface area contributed by atoms with Crippen LogP contribution in [-0.2, 0) is 26.8 Å². The summed E-state index contributed by atoms with van der Waals surface area (Å²) in [6.45, 7) is 3.28. The van der Waals surface area contributed by atoms with E-state index < -0.39 is 11.5 Å². The number of carbonyl (C=O) groups is 3. The van der Waals surface area contributed by atoms with Crippen LogP contribution in [0.3, 0.4) is 0 Å². The van der Waals surface area contributed by atoms with Gasteiger partial charge in [-0.05, 0) is 37.5 Å². The van der Waals surface area contributed by atoms with E-state index in [1.54, 1.807) is 30.2 Å². The summed E-state index contributed by atoms with van der Waals surface area (Å²) in [5.41, 5.74) is 1.33. The summed E-state index contributed by atoms with van der Waals surface area (Å²) < 4.78 is 7.01. The molecule has 4 heterocycles. The monoisotopic (exact) mass is 480 g/mol. The van der Waals surface area contributed by atoms with E-state index in [0.29, 0.717) is 49.0 Å². The van der Waals surface area contributed by atoms with Crippen molar-refractivity contribution in [3.8, 4) is 0 Å². The molecule has 0 bridgehead atoms. The number of nitrogens with zero attached hydrogens (tertiary/aromatic N) is 3. The summed E-state index contributed by atoms with van der Waals surface area (Å²) in [5, 5.41) is 12.8. The molecule has 1 saturated carbocycles. The highest BCUT2D eigenvalue weighted by Crippen LogP contribution is 2.44. The fourth-order valence-electron chi connectivity index (χ4n) is 5.57. The van der Waals surface area contributed by atoms with Crippen molar-refractivity contribution < 1.29 is 19.1 Å². The minimum atomic E-state index is -0.693. The van der Waals surface area contributed by atoms with Gasteiger partial charge in [0, 0.05) is 44.3 Å². The molecule has 1 atom stereocenters. The number of nitrogens with one attached hydrogen (secondary N) is 3. The molecule has 1 spiro atoms. The van der Waals surface area contributed by atoms with Crippen molar-refractivity contribution in [2.45, 2.75) is 56.9 Å². The van der Waals surface area contributed by atoms with Crippen LogP contribution in [0, 0.1) is 11.8 Å². The smallest absolute Gasteiger partial charge is 0.255 e. The molecule has 3 amide bonds. The van der Waals surface area contributed by atoms with Gasteiger partial charge in [-0.2, -0.15) is 5.10 Å². The van der Waals surface area contributed by atoms with Crippen LogP contribution in [0.2, 0.25) is 0 Å². The molecule has 0 radical (unpaired) electrons. The van der Waals surface area contributed by atoms with Crippen LogP contribution < -0.4 is 16.0 Å². The lowest BCUT2D eigenvalue weighted by molar-refractivity contribution is -0.124. The third-order valence-corrected chi connectivity index (χ3v) is 7.77. The second-order valence-corrected chi connectivity index (χ2v) is 10.1. The molecule has 3 aliphatic rings. The number of hydrogen-bond acceptors (Lipinski definition) is 6. The SMILES string of the molecule is CC1CCC([C@H](NC(=O)c2cnn(C)c2)C(=O)Nc2cc3c(cn2)C2(CCOCC2)C(=O)N3)CC1. The molecule has 0 aromatic carbocycles. The van der Waals surface area contributed by atoms with E-state index in [4.69, 9.17) is 4.74 Å². The van der Waals surface area contributed by atoms with Gasteiger partial charge in [-0.1, -0.05) is 19.8 Å². The lowest BCUT2D eigenvalue weighted by Gasteiger charge is -2.32. The van der Waals surface area contributed by atoms with Gasteiger partial charge >= 0.3 is 0 Å². The Morgan fingerprint density at radius 2 is 1.94 bits per heavy atom. The third kappa shape index (κ3) is 4.54. The van der Waals surface area contributed by atoms with Crippen LogP contribution in [0.5, 0.6) is 0 Å². The molecule has 186 valence electrons. The van der Waals surface area contributed by atoms with E-state index in [1.807, 2.05) is 0 Å². The Kier molecular flexibility index (Phi) is 6.31. The molecule has 0 unspecified atom stereocenters. The topological polar surface area (TPSA) is 127 Å². The fraction of sp³-hybridized carbons (Fsp3) is 0.560. The summed E-state index contributed by atoms with van der Waals surface area (Å²) in [7, 11) is 1.74. The number of ether oxygens (including phenoxy) is 1. The van der Waals surface area contributed by atoms with Crippen molar-refractivity contribution in [2.75, 3.05) is 23.8 Å². The number of aryl methyl sites for hydroxylation is 1. The van der Waals surface area contributed by atoms with Gasteiger partial charge < -0.3 is 20.7 Å². The zero-order chi connectivity index (χ0) is 24.6. The minimum Gasteiger partial charge on any atom is -0.381 e. The molecule has 2 aromatic heterocycles. The highest BCUT2D eigenvalue weighted by atomic mass is 16.5. The van der Waals surface area contributed by atoms with Gasteiger partial charge in [0.25, 0.3) is 5.91 Å². The average molecular weight is 481 g/mol. The van der Waals surface area contributed by atoms with Crippen LogP contribution in [0.1, 0.15) is 61.4 Å². The first-order chi connectivity index (χ1) is 16.9. The minimum absolute atomic E-state index is 0.0338. The molecule has 2 aliphatic heterocycles. The Labute approximate surface area is 204 Å². The van der Waals surface area contributed by atoms with E-state index >= 15 is 0 Å². The summed E-state index contributed by atoms with van der Waals surface area (Å²) in [6.07, 6.45) is 9.80. The fourth-order valence-corrected chi connectivity index (χ4v) is 5.57. The van der Waals surface area contributed by atoms with Gasteiger partial charge in [0.15, 0.2) is 0 Å². The number of pyridine rings is 1. The molecule has 2 aromatic rings. The number of rotatable bonds is 5. The highest BCUT2D eigenvalue weighted by Gasteiger charge is 2.48. The van der Waals surface area contributed by atoms with Crippen LogP contribution in [0.25, 0.3) is 0 Å². The standard InChI is InChI=1S/C25H32N6O4/c1-15-3-5-16(6-4-15)21(30-22(32)17-12-27-31(2)14-17)23(33)29-20-11-19-18(13-26-20)25(24(34)28-19)7-9-35-10-8-25/h11-16,21H,3-10H2,1-2H3,(H,28,34)(H,30,32)(H,26,29,33)/t15?,16?,21-/m0/s1. The van der Waals surface area contributed by atoms with Crippen LogP contribution >= 0.6 is 0 Å². The van der Waals surface area contributed by atoms with E-state index in [2.05, 4.69) is 33.0 Å². The van der Waals surface area contributed by atoms with E-state index in [1.165, 1.54) is 6.20 Å². The van der Waals surface area contributed by atoms with E-state index in [-0.39, 0.29) is 23.6 Å². The molecule has 2 fully saturated rings. The zero-order valence-electron chi connectivity index (χ0n) is 20.2. The first-order valence-corrected chi connectivity index (χ1v) is 12.4. The van der Waals surface area contributed by atoms with Crippen LogP contribution in [0.4, 0.5) is 11.5 Å². The van der Waals surface area contributed by atoms with E-state index in [9.17, 15) is 14.4 Å². The summed E-state index contributed by atoms with van der Waals surface area (Å²) in [5.74, 6) is 0.323. The lowest BCUT2D eigenvalue weighted by atomic mass is 9.76. The second kappa shape index (κ2) is 9.41. The van der Waals surface area contributed by atoms with Crippen molar-refractivity contribution in [2.24, 2.45) is 18.9 Å². The van der Waals surface area contributed by atoms with Crippen LogP contribution in [0.15, 0.2) is 24.7 Å². The van der Waals surface area contributed by atoms with Crippen molar-refractivity contribution in [3.63, 3.8) is 0 Å². The lowest BCUT2D eigenvalue weighted by Crippen LogP contribution is -2.49. The Balaban J connectivity index is 1.34. The van der Waals surface area contributed by atoms with Gasteiger partial charge in [-0.15, -0.1) is 0 Å². The maximum atomic E-state index is 13.4. The number of fused-ring (bicyclic) bond motifs is 2. The van der Waals surface area contributed by atoms with Gasteiger partial charge in [0.2, 0.25) is 11.8 Å². The molecule has 1 saturated heterocycles. The number of carbonyl (C=O) groups excluding carboxylic acids is 3. The summed E-state index contributed by atoms with van der Waals surface area (Å²) in [4.78, 5) is 43.6. The zero-order valence-corrected chi connectivity index (χ0v) is 20.2. The maximum Gasteiger partial charge on any atom is 0.255 e. The number of aromatic nitrogens is 3.